The molecule has 3 unspecified atom stereocenters. The van der Waals surface area contributed by atoms with Crippen LogP contribution in [0.1, 0.15) is 25.5 Å². The maximum absolute atomic E-state index is 12.9. The van der Waals surface area contributed by atoms with Crippen molar-refractivity contribution in [2.75, 3.05) is 13.6 Å². The van der Waals surface area contributed by atoms with E-state index in [0.717, 1.165) is 5.56 Å². The quantitative estimate of drug-likeness (QED) is 0.820. The third-order valence-electron chi connectivity index (χ3n) is 2.74. The van der Waals surface area contributed by atoms with Crippen molar-refractivity contribution in [3.63, 3.8) is 0 Å². The van der Waals surface area contributed by atoms with Crippen molar-refractivity contribution in [1.82, 2.24) is 4.90 Å². The lowest BCUT2D eigenvalue weighted by atomic mass is 9.99. The monoisotopic (exact) mass is 240 g/mol. The molecule has 17 heavy (non-hydrogen) atoms. The van der Waals surface area contributed by atoms with Crippen molar-refractivity contribution < 1.29 is 9.50 Å². The fourth-order valence-electron chi connectivity index (χ4n) is 2.15. The van der Waals surface area contributed by atoms with Crippen LogP contribution in [0, 0.1) is 5.82 Å². The number of likely N-dealkylation sites (N-methyl/N-ethyl adjacent to an activating group) is 1. The van der Waals surface area contributed by atoms with Gasteiger partial charge < -0.3 is 10.8 Å². The molecule has 1 aromatic carbocycles. The summed E-state index contributed by atoms with van der Waals surface area (Å²) >= 11 is 0. The first-order chi connectivity index (χ1) is 7.91. The molecule has 0 radical (unpaired) electrons. The fourth-order valence-corrected chi connectivity index (χ4v) is 2.15. The van der Waals surface area contributed by atoms with Crippen LogP contribution in [0.4, 0.5) is 4.39 Å². The molecule has 0 saturated carbocycles. The second kappa shape index (κ2) is 6.10. The predicted molar refractivity (Wildman–Crippen MR) is 67.1 cm³/mol. The SMILES string of the molecule is CC(O)CN(C)C(c1ccc(F)cc1)C(C)N. The van der Waals surface area contributed by atoms with E-state index in [-0.39, 0.29) is 17.9 Å². The second-order valence-electron chi connectivity index (χ2n) is 4.64. The first-order valence-electron chi connectivity index (χ1n) is 5.81. The van der Waals surface area contributed by atoms with Gasteiger partial charge in [0.25, 0.3) is 0 Å². The van der Waals surface area contributed by atoms with Crippen LogP contribution in [0.3, 0.4) is 0 Å². The molecule has 0 aliphatic carbocycles. The number of rotatable bonds is 5. The molecule has 0 aliphatic heterocycles. The molecule has 3 atom stereocenters. The minimum Gasteiger partial charge on any atom is -0.392 e. The van der Waals surface area contributed by atoms with Gasteiger partial charge in [0.05, 0.1) is 6.10 Å². The molecule has 3 nitrogen and oxygen atoms in total. The number of nitrogens with zero attached hydrogens (tertiary/aromatic N) is 1. The average Bonchev–Trinajstić information content (AvgIpc) is 2.19. The van der Waals surface area contributed by atoms with E-state index in [2.05, 4.69) is 0 Å². The lowest BCUT2D eigenvalue weighted by Gasteiger charge is -2.32. The normalized spacial score (nSPS) is 16.9. The molecular weight excluding hydrogens is 219 g/mol. The number of aliphatic hydroxyl groups excluding tert-OH is 1. The van der Waals surface area contributed by atoms with Crippen LogP contribution in [-0.4, -0.2) is 35.7 Å². The van der Waals surface area contributed by atoms with Crippen LogP contribution in [0.25, 0.3) is 0 Å². The van der Waals surface area contributed by atoms with E-state index in [1.54, 1.807) is 19.1 Å². The minimum absolute atomic E-state index is 0.0230. The summed E-state index contributed by atoms with van der Waals surface area (Å²) in [5.74, 6) is -0.254. The topological polar surface area (TPSA) is 49.5 Å². The summed E-state index contributed by atoms with van der Waals surface area (Å²) in [5.41, 5.74) is 6.93. The second-order valence-corrected chi connectivity index (χ2v) is 4.64. The van der Waals surface area contributed by atoms with Gasteiger partial charge in [0.1, 0.15) is 5.82 Å². The molecule has 0 saturated heterocycles. The number of halogens is 1. The van der Waals surface area contributed by atoms with Gasteiger partial charge in [-0.15, -0.1) is 0 Å². The van der Waals surface area contributed by atoms with Gasteiger partial charge in [-0.2, -0.15) is 0 Å². The van der Waals surface area contributed by atoms with Gasteiger partial charge in [0.15, 0.2) is 0 Å². The zero-order valence-electron chi connectivity index (χ0n) is 10.6. The Balaban J connectivity index is 2.89. The molecule has 1 aromatic rings. The highest BCUT2D eigenvalue weighted by atomic mass is 19.1. The Labute approximate surface area is 102 Å². The molecule has 0 spiro atoms. The molecule has 0 fully saturated rings. The van der Waals surface area contributed by atoms with E-state index >= 15 is 0 Å². The van der Waals surface area contributed by atoms with Crippen molar-refractivity contribution in [1.29, 1.82) is 0 Å². The van der Waals surface area contributed by atoms with Crippen LogP contribution in [0.5, 0.6) is 0 Å². The Morgan fingerprint density at radius 1 is 1.29 bits per heavy atom. The molecule has 0 aromatic heterocycles. The lowest BCUT2D eigenvalue weighted by Crippen LogP contribution is -2.40. The lowest BCUT2D eigenvalue weighted by molar-refractivity contribution is 0.110. The van der Waals surface area contributed by atoms with E-state index in [0.29, 0.717) is 6.54 Å². The zero-order valence-corrected chi connectivity index (χ0v) is 10.6. The molecule has 0 amide bonds. The largest absolute Gasteiger partial charge is 0.392 e. The molecular formula is C13H21FN2O. The third-order valence-corrected chi connectivity index (χ3v) is 2.74. The van der Waals surface area contributed by atoms with Gasteiger partial charge in [-0.25, -0.2) is 4.39 Å². The molecule has 3 N–H and O–H groups in total. The number of nitrogens with two attached hydrogens (primary N) is 1. The van der Waals surface area contributed by atoms with Crippen LogP contribution < -0.4 is 5.73 Å². The smallest absolute Gasteiger partial charge is 0.123 e. The van der Waals surface area contributed by atoms with E-state index in [1.165, 1.54) is 12.1 Å². The maximum atomic E-state index is 12.9. The number of benzene rings is 1. The Kier molecular flexibility index (Phi) is 5.05. The molecule has 1 rings (SSSR count). The number of hydrogen-bond acceptors (Lipinski definition) is 3. The maximum Gasteiger partial charge on any atom is 0.123 e. The summed E-state index contributed by atoms with van der Waals surface area (Å²) in [4.78, 5) is 1.99. The van der Waals surface area contributed by atoms with Crippen molar-refractivity contribution in [2.45, 2.75) is 32.0 Å². The van der Waals surface area contributed by atoms with Crippen molar-refractivity contribution >= 4 is 0 Å². The van der Waals surface area contributed by atoms with Gasteiger partial charge >= 0.3 is 0 Å². The first-order valence-corrected chi connectivity index (χ1v) is 5.81. The Morgan fingerprint density at radius 3 is 2.24 bits per heavy atom. The Bertz CT molecular complexity index is 338. The summed E-state index contributed by atoms with van der Waals surface area (Å²) in [5, 5.41) is 9.40. The van der Waals surface area contributed by atoms with Gasteiger partial charge in [0, 0.05) is 18.6 Å². The highest BCUT2D eigenvalue weighted by Gasteiger charge is 2.21. The first kappa shape index (κ1) is 14.1. The molecule has 0 aliphatic rings. The molecule has 0 heterocycles. The van der Waals surface area contributed by atoms with Gasteiger partial charge in [0.2, 0.25) is 0 Å². The van der Waals surface area contributed by atoms with E-state index in [1.807, 2.05) is 18.9 Å². The Morgan fingerprint density at radius 2 is 1.82 bits per heavy atom. The van der Waals surface area contributed by atoms with Crippen LogP contribution in [-0.2, 0) is 0 Å². The Hall–Kier alpha value is -0.970. The summed E-state index contributed by atoms with van der Waals surface area (Å²) in [6.07, 6.45) is -0.415. The molecule has 0 bridgehead atoms. The summed E-state index contributed by atoms with van der Waals surface area (Å²) in [7, 11) is 1.91. The molecule has 4 heteroatoms. The third kappa shape index (κ3) is 4.07. The minimum atomic E-state index is -0.415. The van der Waals surface area contributed by atoms with Crippen molar-refractivity contribution in [2.24, 2.45) is 5.73 Å². The predicted octanol–water partition coefficient (Wildman–Crippen LogP) is 1.53. The highest BCUT2D eigenvalue weighted by Crippen LogP contribution is 2.22. The van der Waals surface area contributed by atoms with E-state index < -0.39 is 6.10 Å². The van der Waals surface area contributed by atoms with E-state index in [9.17, 15) is 9.50 Å². The number of aliphatic hydroxyl groups is 1. The van der Waals surface area contributed by atoms with E-state index in [4.69, 9.17) is 5.73 Å². The van der Waals surface area contributed by atoms with Crippen LogP contribution >= 0.6 is 0 Å². The van der Waals surface area contributed by atoms with Gasteiger partial charge in [-0.3, -0.25) is 4.90 Å². The van der Waals surface area contributed by atoms with Gasteiger partial charge in [-0.05, 0) is 38.6 Å². The van der Waals surface area contributed by atoms with Crippen LogP contribution in [0.15, 0.2) is 24.3 Å². The van der Waals surface area contributed by atoms with Crippen molar-refractivity contribution in [3.8, 4) is 0 Å². The fraction of sp³-hybridized carbons (Fsp3) is 0.538. The van der Waals surface area contributed by atoms with Crippen molar-refractivity contribution in [3.05, 3.63) is 35.6 Å². The summed E-state index contributed by atoms with van der Waals surface area (Å²) in [6.45, 7) is 4.18. The highest BCUT2D eigenvalue weighted by molar-refractivity contribution is 5.21. The van der Waals surface area contributed by atoms with Crippen LogP contribution in [0.2, 0.25) is 0 Å². The summed E-state index contributed by atoms with van der Waals surface area (Å²) in [6, 6.07) is 6.22. The summed E-state index contributed by atoms with van der Waals surface area (Å²) < 4.78 is 12.9. The number of hydrogen-bond donors (Lipinski definition) is 2. The van der Waals surface area contributed by atoms with Gasteiger partial charge in [-0.1, -0.05) is 12.1 Å². The molecule has 96 valence electrons. The average molecular weight is 240 g/mol. The standard InChI is InChI=1S/C13H21FN2O/c1-9(17)8-16(3)13(10(2)15)11-4-6-12(14)7-5-11/h4-7,9-10,13,17H,8,15H2,1-3H3. The zero-order chi connectivity index (χ0) is 13.0.